The summed E-state index contributed by atoms with van der Waals surface area (Å²) in [7, 11) is 0. The number of nitrogens with zero attached hydrogens (tertiary/aromatic N) is 2. The van der Waals surface area contributed by atoms with Crippen LogP contribution in [0, 0.1) is 0 Å². The molecule has 2 rings (SSSR count). The van der Waals surface area contributed by atoms with Gasteiger partial charge in [-0.2, -0.15) is 0 Å². The quantitative estimate of drug-likeness (QED) is 0.491. The van der Waals surface area contributed by atoms with E-state index in [4.69, 9.17) is 11.5 Å². The Hall–Kier alpha value is -1.53. The van der Waals surface area contributed by atoms with E-state index in [0.717, 1.165) is 37.1 Å². The summed E-state index contributed by atoms with van der Waals surface area (Å²) in [6, 6.07) is 2.21. The second kappa shape index (κ2) is 6.58. The number of piperidine rings is 1. The van der Waals surface area contributed by atoms with Crippen molar-refractivity contribution < 1.29 is 0 Å². The first-order valence-electron chi connectivity index (χ1n) is 6.31. The highest BCUT2D eigenvalue weighted by molar-refractivity contribution is 7.80. The van der Waals surface area contributed by atoms with Gasteiger partial charge < -0.3 is 16.8 Å². The van der Waals surface area contributed by atoms with Gasteiger partial charge in [0.2, 0.25) is 0 Å². The van der Waals surface area contributed by atoms with Gasteiger partial charge in [-0.1, -0.05) is 0 Å². The Morgan fingerprint density at radius 3 is 2.84 bits per heavy atom. The van der Waals surface area contributed by atoms with E-state index in [9.17, 15) is 0 Å². The van der Waals surface area contributed by atoms with Crippen LogP contribution in [0.15, 0.2) is 28.4 Å². The average Bonchev–Trinajstić information content (AvgIpc) is 2.44. The molecule has 0 radical (unpaired) electrons. The minimum Gasteiger partial charge on any atom is -0.404 e. The van der Waals surface area contributed by atoms with Crippen molar-refractivity contribution >= 4 is 30.2 Å². The smallest absolute Gasteiger partial charge is 0.136 e. The molecule has 1 aliphatic rings. The zero-order chi connectivity index (χ0) is 13.7. The second-order valence-electron chi connectivity index (χ2n) is 4.51. The van der Waals surface area contributed by atoms with E-state index in [2.05, 4.69) is 27.9 Å². The van der Waals surface area contributed by atoms with Gasteiger partial charge in [-0.25, -0.2) is 4.98 Å². The van der Waals surface area contributed by atoms with Crippen LogP contribution in [-0.2, 0) is 0 Å². The van der Waals surface area contributed by atoms with Gasteiger partial charge in [-0.3, -0.25) is 4.99 Å². The number of nitrogen functional groups attached to an aromatic ring is 1. The Morgan fingerprint density at radius 1 is 1.47 bits per heavy atom. The molecule has 6 heteroatoms. The van der Waals surface area contributed by atoms with E-state index in [1.807, 2.05) is 12.3 Å². The molecule has 0 spiro atoms. The summed E-state index contributed by atoms with van der Waals surface area (Å²) in [5, 5.41) is 3.31. The maximum Gasteiger partial charge on any atom is 0.136 e. The van der Waals surface area contributed by atoms with E-state index in [0.29, 0.717) is 16.8 Å². The van der Waals surface area contributed by atoms with Crippen molar-refractivity contribution in [2.45, 2.75) is 23.8 Å². The summed E-state index contributed by atoms with van der Waals surface area (Å²) in [6.45, 7) is 2.04. The van der Waals surface area contributed by atoms with Crippen molar-refractivity contribution in [2.75, 3.05) is 18.8 Å². The Kier molecular flexibility index (Phi) is 4.81. The standard InChI is InChI=1S/C13H19N5S/c14-6-10(8-17-11-1-3-16-4-2-11)9-5-12(19)13(15)18-7-9/h5-8,11,16,19H,1-4,14H2,(H2,15,18). The van der Waals surface area contributed by atoms with Crippen molar-refractivity contribution in [3.8, 4) is 0 Å². The third-order valence-corrected chi connectivity index (χ3v) is 3.50. The lowest BCUT2D eigenvalue weighted by molar-refractivity contribution is 0.461. The summed E-state index contributed by atoms with van der Waals surface area (Å²) >= 11 is 4.26. The molecular weight excluding hydrogens is 258 g/mol. The van der Waals surface area contributed by atoms with Crippen LogP contribution in [-0.4, -0.2) is 30.3 Å². The van der Waals surface area contributed by atoms with E-state index >= 15 is 0 Å². The Bertz CT molecular complexity index is 492. The first-order valence-corrected chi connectivity index (χ1v) is 6.76. The number of aliphatic imine (C=N–C) groups is 1. The summed E-state index contributed by atoms with van der Waals surface area (Å²) in [5.74, 6) is 0.416. The van der Waals surface area contributed by atoms with E-state index < -0.39 is 0 Å². The van der Waals surface area contributed by atoms with Gasteiger partial charge in [0, 0.05) is 34.6 Å². The van der Waals surface area contributed by atoms with Crippen LogP contribution in [0.3, 0.4) is 0 Å². The maximum absolute atomic E-state index is 5.66. The van der Waals surface area contributed by atoms with Gasteiger partial charge in [0.15, 0.2) is 0 Å². The minimum atomic E-state index is 0.369. The normalized spacial score (nSPS) is 18.1. The molecule has 102 valence electrons. The number of rotatable bonds is 3. The van der Waals surface area contributed by atoms with Crippen LogP contribution in [0.5, 0.6) is 0 Å². The largest absolute Gasteiger partial charge is 0.404 e. The number of pyridine rings is 1. The Morgan fingerprint density at radius 2 is 2.21 bits per heavy atom. The zero-order valence-electron chi connectivity index (χ0n) is 10.7. The lowest BCUT2D eigenvalue weighted by Gasteiger charge is -2.18. The summed E-state index contributed by atoms with van der Waals surface area (Å²) < 4.78 is 0. The molecule has 1 aliphatic heterocycles. The molecule has 0 unspecified atom stereocenters. The fourth-order valence-corrected chi connectivity index (χ4v) is 2.17. The molecule has 2 heterocycles. The third kappa shape index (κ3) is 3.71. The van der Waals surface area contributed by atoms with E-state index in [-0.39, 0.29) is 0 Å². The third-order valence-electron chi connectivity index (χ3n) is 3.14. The SMILES string of the molecule is NC=C(C=NC1CCNCC1)c1cnc(N)c(S)c1. The molecule has 1 saturated heterocycles. The van der Waals surface area contributed by atoms with Crippen LogP contribution in [0.4, 0.5) is 5.82 Å². The van der Waals surface area contributed by atoms with Crippen molar-refractivity contribution in [1.82, 2.24) is 10.3 Å². The topological polar surface area (TPSA) is 89.3 Å². The van der Waals surface area contributed by atoms with Crippen LogP contribution >= 0.6 is 12.6 Å². The van der Waals surface area contributed by atoms with E-state index in [1.165, 1.54) is 6.20 Å². The molecule has 0 aliphatic carbocycles. The van der Waals surface area contributed by atoms with Crippen LogP contribution in [0.25, 0.3) is 5.57 Å². The van der Waals surface area contributed by atoms with Crippen LogP contribution in [0.1, 0.15) is 18.4 Å². The molecule has 0 amide bonds. The van der Waals surface area contributed by atoms with Crippen molar-refractivity contribution in [1.29, 1.82) is 0 Å². The molecule has 1 aromatic heterocycles. The summed E-state index contributed by atoms with van der Waals surface area (Å²) in [4.78, 5) is 9.31. The molecule has 0 bridgehead atoms. The number of nitrogens with one attached hydrogen (secondary N) is 1. The molecular formula is C13H19N5S. The van der Waals surface area contributed by atoms with Crippen molar-refractivity contribution in [3.63, 3.8) is 0 Å². The second-order valence-corrected chi connectivity index (χ2v) is 4.99. The van der Waals surface area contributed by atoms with E-state index in [1.54, 1.807) is 6.20 Å². The number of nitrogens with two attached hydrogens (primary N) is 2. The highest BCUT2D eigenvalue weighted by Crippen LogP contribution is 2.19. The van der Waals surface area contributed by atoms with Gasteiger partial charge in [-0.05, 0) is 32.0 Å². The highest BCUT2D eigenvalue weighted by atomic mass is 32.1. The van der Waals surface area contributed by atoms with Crippen molar-refractivity contribution in [3.05, 3.63) is 24.0 Å². The first kappa shape index (κ1) is 13.9. The fourth-order valence-electron chi connectivity index (χ4n) is 1.98. The number of allylic oxidation sites excluding steroid dienone is 1. The highest BCUT2D eigenvalue weighted by Gasteiger charge is 2.10. The van der Waals surface area contributed by atoms with Gasteiger partial charge >= 0.3 is 0 Å². The van der Waals surface area contributed by atoms with Gasteiger partial charge in [0.1, 0.15) is 5.82 Å². The molecule has 1 fully saturated rings. The zero-order valence-corrected chi connectivity index (χ0v) is 11.6. The Labute approximate surface area is 118 Å². The van der Waals surface area contributed by atoms with Gasteiger partial charge in [0.25, 0.3) is 0 Å². The van der Waals surface area contributed by atoms with Crippen LogP contribution < -0.4 is 16.8 Å². The molecule has 19 heavy (non-hydrogen) atoms. The number of hydrogen-bond acceptors (Lipinski definition) is 6. The predicted molar refractivity (Wildman–Crippen MR) is 82.4 cm³/mol. The number of anilines is 1. The predicted octanol–water partition coefficient (Wildman–Crippen LogP) is 1.07. The average molecular weight is 277 g/mol. The molecule has 5 N–H and O–H groups in total. The monoisotopic (exact) mass is 277 g/mol. The van der Waals surface area contributed by atoms with Crippen molar-refractivity contribution in [2.24, 2.45) is 10.7 Å². The number of hydrogen-bond donors (Lipinski definition) is 4. The Balaban J connectivity index is 2.11. The lowest BCUT2D eigenvalue weighted by Crippen LogP contribution is -2.29. The fraction of sp³-hybridized carbons (Fsp3) is 0.385. The number of aromatic nitrogens is 1. The maximum atomic E-state index is 5.66. The molecule has 0 atom stereocenters. The van der Waals surface area contributed by atoms with Crippen LogP contribution in [0.2, 0.25) is 0 Å². The van der Waals surface area contributed by atoms with Gasteiger partial charge in [0.05, 0.1) is 6.04 Å². The molecule has 5 nitrogen and oxygen atoms in total. The first-order chi connectivity index (χ1) is 9.20. The molecule has 0 aromatic carbocycles. The lowest BCUT2D eigenvalue weighted by atomic mass is 10.1. The minimum absolute atomic E-state index is 0.369. The summed E-state index contributed by atoms with van der Waals surface area (Å²) in [6.07, 6.45) is 7.15. The summed E-state index contributed by atoms with van der Waals surface area (Å²) in [5.41, 5.74) is 13.0. The number of thiol groups is 1. The van der Waals surface area contributed by atoms with Gasteiger partial charge in [-0.15, -0.1) is 12.6 Å². The molecule has 1 aromatic rings. The molecule has 0 saturated carbocycles.